The molecule has 4 nitrogen and oxygen atoms in total. The Labute approximate surface area is 155 Å². The second-order valence-electron chi connectivity index (χ2n) is 5.93. The second-order valence-corrected chi connectivity index (χ2v) is 7.01. The standard InChI is InChI=1S/C21H16N4S/c22-12-15-8-9-17-19(11-15)25(13-16-5-3-4-10-24-16)14-21(17)26-20-7-2-1-6-18(20)23/h1-11,14H,13,23H2. The normalized spacial score (nSPS) is 10.7. The van der Waals surface area contributed by atoms with Crippen LogP contribution < -0.4 is 5.73 Å². The minimum absolute atomic E-state index is 0.647. The van der Waals surface area contributed by atoms with Gasteiger partial charge in [0.2, 0.25) is 0 Å². The first-order valence-corrected chi connectivity index (χ1v) is 9.01. The van der Waals surface area contributed by atoms with Gasteiger partial charge in [-0.3, -0.25) is 4.98 Å². The summed E-state index contributed by atoms with van der Waals surface area (Å²) in [7, 11) is 0. The highest BCUT2D eigenvalue weighted by atomic mass is 32.2. The topological polar surface area (TPSA) is 67.6 Å². The van der Waals surface area contributed by atoms with Crippen LogP contribution in [0.15, 0.2) is 82.8 Å². The van der Waals surface area contributed by atoms with Crippen LogP contribution in [0.25, 0.3) is 10.9 Å². The van der Waals surface area contributed by atoms with Gasteiger partial charge in [-0.2, -0.15) is 5.26 Å². The molecule has 0 bridgehead atoms. The number of para-hydroxylation sites is 1. The molecular formula is C21H16N4S. The molecule has 2 heterocycles. The number of anilines is 1. The van der Waals surface area contributed by atoms with Crippen molar-refractivity contribution in [1.82, 2.24) is 9.55 Å². The van der Waals surface area contributed by atoms with Crippen LogP contribution in [-0.4, -0.2) is 9.55 Å². The first kappa shape index (κ1) is 16.2. The van der Waals surface area contributed by atoms with Crippen LogP contribution in [0.5, 0.6) is 0 Å². The summed E-state index contributed by atoms with van der Waals surface area (Å²) >= 11 is 1.64. The minimum atomic E-state index is 0.647. The van der Waals surface area contributed by atoms with E-state index in [0.29, 0.717) is 12.1 Å². The fourth-order valence-corrected chi connectivity index (χ4v) is 3.93. The van der Waals surface area contributed by atoms with E-state index in [4.69, 9.17) is 5.73 Å². The minimum Gasteiger partial charge on any atom is -0.398 e. The molecule has 2 N–H and O–H groups in total. The van der Waals surface area contributed by atoms with Gasteiger partial charge in [0.05, 0.1) is 29.4 Å². The Hall–Kier alpha value is -3.23. The highest BCUT2D eigenvalue weighted by molar-refractivity contribution is 7.99. The molecule has 0 fully saturated rings. The zero-order valence-electron chi connectivity index (χ0n) is 14.0. The predicted octanol–water partition coefficient (Wildman–Crippen LogP) is 4.69. The van der Waals surface area contributed by atoms with E-state index in [0.717, 1.165) is 32.1 Å². The molecule has 2 aromatic carbocycles. The lowest BCUT2D eigenvalue weighted by Gasteiger charge is -2.04. The van der Waals surface area contributed by atoms with Gasteiger partial charge in [-0.1, -0.05) is 36.0 Å². The summed E-state index contributed by atoms with van der Waals surface area (Å²) in [6.45, 7) is 0.650. The fraction of sp³-hybridized carbons (Fsp3) is 0.0476. The molecule has 2 aromatic heterocycles. The molecule has 0 unspecified atom stereocenters. The first-order valence-electron chi connectivity index (χ1n) is 8.20. The SMILES string of the molecule is N#Cc1ccc2c(Sc3ccccc3N)cn(Cc3ccccn3)c2c1. The molecule has 0 radical (unpaired) electrons. The van der Waals surface area contributed by atoms with Gasteiger partial charge in [-0.15, -0.1) is 0 Å². The molecule has 126 valence electrons. The summed E-state index contributed by atoms with van der Waals surface area (Å²) in [4.78, 5) is 6.55. The van der Waals surface area contributed by atoms with E-state index in [-0.39, 0.29) is 0 Å². The highest BCUT2D eigenvalue weighted by Crippen LogP contribution is 2.37. The van der Waals surface area contributed by atoms with Crippen LogP contribution in [0.2, 0.25) is 0 Å². The van der Waals surface area contributed by atoms with E-state index in [1.807, 2.05) is 60.7 Å². The van der Waals surface area contributed by atoms with E-state index >= 15 is 0 Å². The van der Waals surface area contributed by atoms with Gasteiger partial charge in [-0.25, -0.2) is 0 Å². The van der Waals surface area contributed by atoms with Crippen LogP contribution >= 0.6 is 11.8 Å². The largest absolute Gasteiger partial charge is 0.398 e. The number of hydrogen-bond donors (Lipinski definition) is 1. The summed E-state index contributed by atoms with van der Waals surface area (Å²) in [6.07, 6.45) is 3.90. The first-order chi connectivity index (χ1) is 12.7. The Balaban J connectivity index is 1.81. The van der Waals surface area contributed by atoms with E-state index in [2.05, 4.69) is 21.8 Å². The van der Waals surface area contributed by atoms with Gasteiger partial charge in [0.15, 0.2) is 0 Å². The van der Waals surface area contributed by atoms with Crippen molar-refractivity contribution in [2.24, 2.45) is 0 Å². The lowest BCUT2D eigenvalue weighted by atomic mass is 10.2. The van der Waals surface area contributed by atoms with Crippen LogP contribution in [0, 0.1) is 11.3 Å². The van der Waals surface area contributed by atoms with Crippen molar-refractivity contribution >= 4 is 28.4 Å². The number of nitrogen functional groups attached to an aromatic ring is 1. The Kier molecular flexibility index (Phi) is 4.34. The molecule has 26 heavy (non-hydrogen) atoms. The summed E-state index contributed by atoms with van der Waals surface area (Å²) < 4.78 is 2.14. The molecule has 4 rings (SSSR count). The molecular weight excluding hydrogens is 340 g/mol. The smallest absolute Gasteiger partial charge is 0.0992 e. The van der Waals surface area contributed by atoms with E-state index < -0.39 is 0 Å². The van der Waals surface area contributed by atoms with E-state index in [1.54, 1.807) is 18.0 Å². The maximum absolute atomic E-state index is 9.26. The van der Waals surface area contributed by atoms with Crippen molar-refractivity contribution < 1.29 is 0 Å². The number of hydrogen-bond acceptors (Lipinski definition) is 4. The molecule has 0 saturated carbocycles. The number of aromatic nitrogens is 2. The third kappa shape index (κ3) is 3.15. The monoisotopic (exact) mass is 356 g/mol. The average Bonchev–Trinajstić information content (AvgIpc) is 3.01. The van der Waals surface area contributed by atoms with Crippen molar-refractivity contribution in [2.45, 2.75) is 16.3 Å². The van der Waals surface area contributed by atoms with E-state index in [1.165, 1.54) is 0 Å². The third-order valence-corrected chi connectivity index (χ3v) is 5.31. The molecule has 0 atom stereocenters. The molecule has 0 aliphatic rings. The van der Waals surface area contributed by atoms with Crippen molar-refractivity contribution in [1.29, 1.82) is 5.26 Å². The van der Waals surface area contributed by atoms with Gasteiger partial charge in [0, 0.05) is 33.3 Å². The number of pyridine rings is 1. The molecule has 0 spiro atoms. The second kappa shape index (κ2) is 6.95. The molecule has 0 amide bonds. The van der Waals surface area contributed by atoms with Gasteiger partial charge in [-0.05, 0) is 36.4 Å². The Morgan fingerprint density at radius 2 is 1.88 bits per heavy atom. The maximum atomic E-state index is 9.26. The number of nitriles is 1. The average molecular weight is 356 g/mol. The van der Waals surface area contributed by atoms with Gasteiger partial charge in [0.25, 0.3) is 0 Å². The zero-order valence-corrected chi connectivity index (χ0v) is 14.8. The highest BCUT2D eigenvalue weighted by Gasteiger charge is 2.12. The molecule has 0 saturated heterocycles. The number of nitrogens with two attached hydrogens (primary N) is 1. The van der Waals surface area contributed by atoms with Crippen LogP contribution in [0.3, 0.4) is 0 Å². The van der Waals surface area contributed by atoms with Gasteiger partial charge in [0.1, 0.15) is 0 Å². The Bertz CT molecular complexity index is 1110. The molecule has 4 aromatic rings. The molecule has 0 aliphatic heterocycles. The summed E-state index contributed by atoms with van der Waals surface area (Å²) in [6, 6.07) is 21.7. The summed E-state index contributed by atoms with van der Waals surface area (Å²) in [5, 5.41) is 10.4. The van der Waals surface area contributed by atoms with Crippen molar-refractivity contribution in [3.05, 3.63) is 84.3 Å². The van der Waals surface area contributed by atoms with Gasteiger partial charge < -0.3 is 10.3 Å². The number of rotatable bonds is 4. The van der Waals surface area contributed by atoms with Crippen molar-refractivity contribution in [3.63, 3.8) is 0 Å². The van der Waals surface area contributed by atoms with E-state index in [9.17, 15) is 5.26 Å². The maximum Gasteiger partial charge on any atom is 0.0992 e. The lowest BCUT2D eigenvalue weighted by molar-refractivity contribution is 0.802. The van der Waals surface area contributed by atoms with Crippen molar-refractivity contribution in [2.75, 3.05) is 5.73 Å². The zero-order chi connectivity index (χ0) is 17.9. The third-order valence-electron chi connectivity index (χ3n) is 4.17. The Morgan fingerprint density at radius 1 is 1.04 bits per heavy atom. The predicted molar refractivity (Wildman–Crippen MR) is 105 cm³/mol. The lowest BCUT2D eigenvalue weighted by Crippen LogP contribution is -1.99. The van der Waals surface area contributed by atoms with Gasteiger partial charge >= 0.3 is 0 Å². The number of benzene rings is 2. The molecule has 0 aliphatic carbocycles. The van der Waals surface area contributed by atoms with Crippen LogP contribution in [-0.2, 0) is 6.54 Å². The quantitative estimate of drug-likeness (QED) is 0.539. The fourth-order valence-electron chi connectivity index (χ4n) is 2.90. The summed E-state index contributed by atoms with van der Waals surface area (Å²) in [5.41, 5.74) is 9.51. The van der Waals surface area contributed by atoms with Crippen LogP contribution in [0.4, 0.5) is 5.69 Å². The summed E-state index contributed by atoms with van der Waals surface area (Å²) in [5.74, 6) is 0. The number of nitrogens with zero attached hydrogens (tertiary/aromatic N) is 3. The molecule has 5 heteroatoms. The van der Waals surface area contributed by atoms with Crippen molar-refractivity contribution in [3.8, 4) is 6.07 Å². The number of fused-ring (bicyclic) bond motifs is 1. The Morgan fingerprint density at radius 3 is 2.65 bits per heavy atom. The van der Waals surface area contributed by atoms with Crippen LogP contribution in [0.1, 0.15) is 11.3 Å².